The molecule has 0 radical (unpaired) electrons. The molecule has 1 aliphatic heterocycles. The van der Waals surface area contributed by atoms with Crippen molar-refractivity contribution in [3.05, 3.63) is 0 Å². The summed E-state index contributed by atoms with van der Waals surface area (Å²) in [5, 5.41) is 0. The molecule has 0 bridgehead atoms. The van der Waals surface area contributed by atoms with Gasteiger partial charge in [0.05, 0.1) is 12.2 Å². The summed E-state index contributed by atoms with van der Waals surface area (Å²) in [6, 6.07) is 0.459. The smallest absolute Gasteiger partial charge is 0.131 e. The van der Waals surface area contributed by atoms with Crippen molar-refractivity contribution >= 4 is 5.78 Å². The van der Waals surface area contributed by atoms with Crippen LogP contribution in [0.15, 0.2) is 0 Å². The Morgan fingerprint density at radius 3 is 2.69 bits per heavy atom. The van der Waals surface area contributed by atoms with Crippen molar-refractivity contribution < 1.29 is 9.53 Å². The van der Waals surface area contributed by atoms with Gasteiger partial charge in [-0.1, -0.05) is 0 Å². The molecular formula is C13H25NO2. The van der Waals surface area contributed by atoms with E-state index in [-0.39, 0.29) is 5.60 Å². The molecule has 3 heteroatoms. The number of rotatable bonds is 5. The van der Waals surface area contributed by atoms with Crippen molar-refractivity contribution in [1.82, 2.24) is 4.90 Å². The molecule has 0 aromatic carbocycles. The molecule has 1 fully saturated rings. The maximum Gasteiger partial charge on any atom is 0.131 e. The van der Waals surface area contributed by atoms with Gasteiger partial charge in [-0.3, -0.25) is 9.69 Å². The molecule has 0 aromatic heterocycles. The van der Waals surface area contributed by atoms with Crippen molar-refractivity contribution in [2.24, 2.45) is 0 Å². The highest BCUT2D eigenvalue weighted by Crippen LogP contribution is 2.20. The average Bonchev–Trinajstić information content (AvgIpc) is 2.49. The van der Waals surface area contributed by atoms with Crippen molar-refractivity contribution in [2.75, 3.05) is 19.7 Å². The topological polar surface area (TPSA) is 29.5 Å². The van der Waals surface area contributed by atoms with Gasteiger partial charge in [0.15, 0.2) is 0 Å². The zero-order chi connectivity index (χ0) is 12.2. The van der Waals surface area contributed by atoms with Crippen molar-refractivity contribution in [3.8, 4) is 0 Å². The van der Waals surface area contributed by atoms with E-state index < -0.39 is 0 Å². The minimum atomic E-state index is -0.0597. The lowest BCUT2D eigenvalue weighted by Crippen LogP contribution is -2.35. The van der Waals surface area contributed by atoms with Gasteiger partial charge in [-0.25, -0.2) is 0 Å². The summed E-state index contributed by atoms with van der Waals surface area (Å²) >= 11 is 0. The summed E-state index contributed by atoms with van der Waals surface area (Å²) in [5.74, 6) is 0.300. The van der Waals surface area contributed by atoms with E-state index in [0.717, 1.165) is 26.1 Å². The minimum absolute atomic E-state index is 0.0597. The lowest BCUT2D eigenvalue weighted by molar-refractivity contribution is -0.118. The molecule has 1 aliphatic rings. The molecule has 1 heterocycles. The molecule has 0 aromatic rings. The fraction of sp³-hybridized carbons (Fsp3) is 0.923. The summed E-state index contributed by atoms with van der Waals surface area (Å²) in [7, 11) is 0. The van der Waals surface area contributed by atoms with Crippen LogP contribution in [0.4, 0.5) is 0 Å². The maximum absolute atomic E-state index is 11.1. The maximum atomic E-state index is 11.1. The Morgan fingerprint density at radius 2 is 2.12 bits per heavy atom. The van der Waals surface area contributed by atoms with E-state index in [4.69, 9.17) is 4.74 Å². The molecule has 94 valence electrons. The molecule has 1 rings (SSSR count). The van der Waals surface area contributed by atoms with Crippen LogP contribution in [0.5, 0.6) is 0 Å². The largest absolute Gasteiger partial charge is 0.375 e. The van der Waals surface area contributed by atoms with Gasteiger partial charge in [0.25, 0.3) is 0 Å². The van der Waals surface area contributed by atoms with Gasteiger partial charge in [0.2, 0.25) is 0 Å². The van der Waals surface area contributed by atoms with E-state index in [9.17, 15) is 4.79 Å². The monoisotopic (exact) mass is 227 g/mol. The van der Waals surface area contributed by atoms with Crippen LogP contribution in [-0.4, -0.2) is 42.0 Å². The summed E-state index contributed by atoms with van der Waals surface area (Å²) in [6.45, 7) is 10.7. The van der Waals surface area contributed by atoms with Crippen LogP contribution >= 0.6 is 0 Å². The van der Waals surface area contributed by atoms with Gasteiger partial charge < -0.3 is 4.74 Å². The third-order valence-electron chi connectivity index (χ3n) is 2.94. The predicted molar refractivity (Wildman–Crippen MR) is 65.6 cm³/mol. The average molecular weight is 227 g/mol. The molecule has 0 saturated carbocycles. The Balaban J connectivity index is 2.27. The van der Waals surface area contributed by atoms with Crippen LogP contribution in [-0.2, 0) is 9.53 Å². The van der Waals surface area contributed by atoms with Crippen LogP contribution in [0.3, 0.4) is 0 Å². The molecule has 3 nitrogen and oxygen atoms in total. The van der Waals surface area contributed by atoms with Gasteiger partial charge >= 0.3 is 0 Å². The first-order chi connectivity index (χ1) is 7.38. The van der Waals surface area contributed by atoms with Crippen molar-refractivity contribution in [1.29, 1.82) is 0 Å². The summed E-state index contributed by atoms with van der Waals surface area (Å²) < 4.78 is 5.72. The van der Waals surface area contributed by atoms with E-state index in [1.54, 1.807) is 6.92 Å². The second kappa shape index (κ2) is 5.78. The van der Waals surface area contributed by atoms with Crippen LogP contribution in [0, 0.1) is 0 Å². The summed E-state index contributed by atoms with van der Waals surface area (Å²) in [4.78, 5) is 13.5. The first-order valence-corrected chi connectivity index (χ1v) is 6.26. The molecule has 1 atom stereocenters. The molecule has 0 N–H and O–H groups in total. The number of Topliss-reactive ketones (excluding diaryl/α,β-unsaturated/α-hetero) is 1. The lowest BCUT2D eigenvalue weighted by atomic mass is 10.1. The second-order valence-corrected chi connectivity index (χ2v) is 5.70. The highest BCUT2D eigenvalue weighted by molar-refractivity contribution is 5.76. The second-order valence-electron chi connectivity index (χ2n) is 5.70. The fourth-order valence-electron chi connectivity index (χ4n) is 2.22. The number of hydrogen-bond acceptors (Lipinski definition) is 3. The Morgan fingerprint density at radius 1 is 1.44 bits per heavy atom. The van der Waals surface area contributed by atoms with Gasteiger partial charge in [0, 0.05) is 19.0 Å². The van der Waals surface area contributed by atoms with Crippen molar-refractivity contribution in [3.63, 3.8) is 0 Å². The Labute approximate surface area is 99.1 Å². The van der Waals surface area contributed by atoms with Crippen LogP contribution < -0.4 is 0 Å². The zero-order valence-electron chi connectivity index (χ0n) is 11.1. The van der Waals surface area contributed by atoms with E-state index in [1.807, 2.05) is 0 Å². The first kappa shape index (κ1) is 13.7. The van der Waals surface area contributed by atoms with Crippen LogP contribution in [0.1, 0.15) is 47.0 Å². The number of likely N-dealkylation sites (tertiary alicyclic amines) is 1. The molecule has 16 heavy (non-hydrogen) atoms. The first-order valence-electron chi connectivity index (χ1n) is 6.26. The molecule has 1 saturated heterocycles. The predicted octanol–water partition coefficient (Wildman–Crippen LogP) is 2.25. The van der Waals surface area contributed by atoms with Gasteiger partial charge in [-0.05, 0) is 47.1 Å². The number of hydrogen-bond donors (Lipinski definition) is 0. The molecule has 1 unspecified atom stereocenters. The van der Waals surface area contributed by atoms with Crippen LogP contribution in [0.25, 0.3) is 0 Å². The number of carbonyl (C=O) groups excluding carboxylic acids is 1. The number of ketones is 1. The third kappa shape index (κ3) is 5.08. The highest BCUT2D eigenvalue weighted by Gasteiger charge is 2.25. The minimum Gasteiger partial charge on any atom is -0.375 e. The quantitative estimate of drug-likeness (QED) is 0.721. The molecule has 0 aliphatic carbocycles. The normalized spacial score (nSPS) is 22.6. The van der Waals surface area contributed by atoms with E-state index in [0.29, 0.717) is 18.2 Å². The Hall–Kier alpha value is -0.410. The Kier molecular flexibility index (Phi) is 4.93. The number of ether oxygens (including phenoxy) is 1. The number of carbonyl (C=O) groups is 1. The summed E-state index contributed by atoms with van der Waals surface area (Å²) in [6.07, 6.45) is 3.08. The van der Waals surface area contributed by atoms with Gasteiger partial charge in [-0.15, -0.1) is 0 Å². The third-order valence-corrected chi connectivity index (χ3v) is 2.94. The van der Waals surface area contributed by atoms with E-state index in [1.165, 1.54) is 6.42 Å². The van der Waals surface area contributed by atoms with E-state index in [2.05, 4.69) is 25.7 Å². The molecular weight excluding hydrogens is 202 g/mol. The summed E-state index contributed by atoms with van der Waals surface area (Å²) in [5.41, 5.74) is -0.0597. The fourth-order valence-corrected chi connectivity index (χ4v) is 2.22. The zero-order valence-corrected chi connectivity index (χ0v) is 11.1. The van der Waals surface area contributed by atoms with E-state index >= 15 is 0 Å². The number of nitrogens with zero attached hydrogens (tertiary/aromatic N) is 1. The highest BCUT2D eigenvalue weighted by atomic mass is 16.5. The van der Waals surface area contributed by atoms with Crippen molar-refractivity contribution in [2.45, 2.75) is 58.6 Å². The van der Waals surface area contributed by atoms with Gasteiger partial charge in [0.1, 0.15) is 5.78 Å². The van der Waals surface area contributed by atoms with Gasteiger partial charge in [-0.2, -0.15) is 0 Å². The standard InChI is InChI=1S/C13H25NO2/c1-11(15)10-12-6-5-7-14(12)8-9-16-13(2,3)4/h12H,5-10H2,1-4H3. The Bertz CT molecular complexity index is 233. The molecule has 0 spiro atoms. The SMILES string of the molecule is CC(=O)CC1CCCN1CCOC(C)(C)C. The molecule has 0 amide bonds. The lowest BCUT2D eigenvalue weighted by Gasteiger charge is -2.26. The van der Waals surface area contributed by atoms with Crippen LogP contribution in [0.2, 0.25) is 0 Å².